The molecule has 6 heteroatoms. The Balaban J connectivity index is 1.78. The summed E-state index contributed by atoms with van der Waals surface area (Å²) in [5.41, 5.74) is 1.99. The van der Waals surface area contributed by atoms with Crippen LogP contribution in [0.3, 0.4) is 0 Å². The molecule has 1 unspecified atom stereocenters. The third-order valence-electron chi connectivity index (χ3n) is 3.25. The molecule has 21 heavy (non-hydrogen) atoms. The van der Waals surface area contributed by atoms with Gasteiger partial charge in [-0.25, -0.2) is 0 Å². The quantitative estimate of drug-likeness (QED) is 0.866. The highest BCUT2D eigenvalue weighted by Crippen LogP contribution is 2.03. The van der Waals surface area contributed by atoms with Crippen LogP contribution in [0.1, 0.15) is 30.6 Å². The van der Waals surface area contributed by atoms with Crippen LogP contribution in [-0.2, 0) is 24.7 Å². The monoisotopic (exact) mass is 287 g/mol. The largest absolute Gasteiger partial charge is 0.353 e. The van der Waals surface area contributed by atoms with Crippen LogP contribution in [0.5, 0.6) is 0 Å². The summed E-state index contributed by atoms with van der Waals surface area (Å²) in [6.07, 6.45) is 3.38. The SMILES string of the molecule is Cc1cccc(CC(C)NC(=O)CCc2nncn2C)n1. The molecule has 1 amide bonds. The van der Waals surface area contributed by atoms with Crippen molar-refractivity contribution >= 4 is 5.91 Å². The first-order valence-corrected chi connectivity index (χ1v) is 7.09. The Morgan fingerprint density at radius 1 is 1.43 bits per heavy atom. The molecule has 0 aliphatic heterocycles. The number of carbonyl (C=O) groups excluding carboxylic acids is 1. The fourth-order valence-corrected chi connectivity index (χ4v) is 2.18. The number of pyridine rings is 1. The van der Waals surface area contributed by atoms with Crippen molar-refractivity contribution in [2.24, 2.45) is 7.05 Å². The normalized spacial score (nSPS) is 12.1. The van der Waals surface area contributed by atoms with Gasteiger partial charge in [0.15, 0.2) is 0 Å². The predicted molar refractivity (Wildman–Crippen MR) is 79.6 cm³/mol. The van der Waals surface area contributed by atoms with Gasteiger partial charge in [-0.1, -0.05) is 6.07 Å². The second-order valence-electron chi connectivity index (χ2n) is 5.30. The van der Waals surface area contributed by atoms with E-state index in [-0.39, 0.29) is 11.9 Å². The lowest BCUT2D eigenvalue weighted by molar-refractivity contribution is -0.121. The highest BCUT2D eigenvalue weighted by molar-refractivity contribution is 5.76. The fourth-order valence-electron chi connectivity index (χ4n) is 2.18. The van der Waals surface area contributed by atoms with Crippen molar-refractivity contribution in [1.29, 1.82) is 0 Å². The van der Waals surface area contributed by atoms with Crippen LogP contribution in [0.25, 0.3) is 0 Å². The van der Waals surface area contributed by atoms with Gasteiger partial charge in [0.2, 0.25) is 5.91 Å². The van der Waals surface area contributed by atoms with E-state index in [1.807, 2.05) is 43.7 Å². The molecule has 6 nitrogen and oxygen atoms in total. The molecule has 112 valence electrons. The first-order valence-electron chi connectivity index (χ1n) is 7.09. The maximum Gasteiger partial charge on any atom is 0.220 e. The lowest BCUT2D eigenvalue weighted by Crippen LogP contribution is -2.34. The number of nitrogens with one attached hydrogen (secondary N) is 1. The molecule has 0 bridgehead atoms. The molecule has 2 aromatic rings. The Morgan fingerprint density at radius 3 is 2.90 bits per heavy atom. The summed E-state index contributed by atoms with van der Waals surface area (Å²) < 4.78 is 1.83. The Labute approximate surface area is 124 Å². The summed E-state index contributed by atoms with van der Waals surface area (Å²) in [6.45, 7) is 3.96. The summed E-state index contributed by atoms with van der Waals surface area (Å²) in [7, 11) is 1.87. The van der Waals surface area contributed by atoms with Gasteiger partial charge < -0.3 is 9.88 Å². The zero-order valence-electron chi connectivity index (χ0n) is 12.7. The average Bonchev–Trinajstić information content (AvgIpc) is 2.81. The van der Waals surface area contributed by atoms with Crippen LogP contribution in [0, 0.1) is 6.92 Å². The number of carbonyl (C=O) groups is 1. The summed E-state index contributed by atoms with van der Waals surface area (Å²) in [5, 5.41) is 10.8. The van der Waals surface area contributed by atoms with Gasteiger partial charge in [-0.15, -0.1) is 10.2 Å². The Morgan fingerprint density at radius 2 is 2.24 bits per heavy atom. The molecule has 2 aromatic heterocycles. The van der Waals surface area contributed by atoms with E-state index < -0.39 is 0 Å². The van der Waals surface area contributed by atoms with Crippen molar-refractivity contribution in [3.63, 3.8) is 0 Å². The smallest absolute Gasteiger partial charge is 0.220 e. The van der Waals surface area contributed by atoms with Gasteiger partial charge in [-0.3, -0.25) is 9.78 Å². The standard InChI is InChI=1S/C15H21N5O/c1-11-5-4-6-13(17-11)9-12(2)18-15(21)8-7-14-19-16-10-20(14)3/h4-6,10,12H,7-9H2,1-3H3,(H,18,21). The first kappa shape index (κ1) is 15.2. The van der Waals surface area contributed by atoms with Crippen LogP contribution in [0.15, 0.2) is 24.5 Å². The third-order valence-corrected chi connectivity index (χ3v) is 3.25. The summed E-state index contributed by atoms with van der Waals surface area (Å²) >= 11 is 0. The molecule has 0 radical (unpaired) electrons. The van der Waals surface area contributed by atoms with Crippen molar-refractivity contribution in [2.75, 3.05) is 0 Å². The summed E-state index contributed by atoms with van der Waals surface area (Å²) in [5.74, 6) is 0.844. The van der Waals surface area contributed by atoms with Crippen molar-refractivity contribution in [2.45, 2.75) is 39.2 Å². The molecule has 0 aromatic carbocycles. The van der Waals surface area contributed by atoms with Crippen molar-refractivity contribution < 1.29 is 4.79 Å². The Hall–Kier alpha value is -2.24. The lowest BCUT2D eigenvalue weighted by atomic mass is 10.1. The minimum atomic E-state index is 0.0261. The maximum atomic E-state index is 11.9. The van der Waals surface area contributed by atoms with Crippen LogP contribution in [-0.4, -0.2) is 31.7 Å². The minimum Gasteiger partial charge on any atom is -0.353 e. The van der Waals surface area contributed by atoms with Crippen molar-refractivity contribution in [3.8, 4) is 0 Å². The van der Waals surface area contributed by atoms with E-state index in [9.17, 15) is 4.79 Å². The van der Waals surface area contributed by atoms with Crippen LogP contribution < -0.4 is 5.32 Å². The Bertz CT molecular complexity index is 608. The molecule has 1 N–H and O–H groups in total. The summed E-state index contributed by atoms with van der Waals surface area (Å²) in [4.78, 5) is 16.4. The van der Waals surface area contributed by atoms with Gasteiger partial charge >= 0.3 is 0 Å². The molecule has 2 heterocycles. The molecule has 0 spiro atoms. The van der Waals surface area contributed by atoms with Crippen molar-refractivity contribution in [1.82, 2.24) is 25.1 Å². The van der Waals surface area contributed by atoms with E-state index in [1.165, 1.54) is 0 Å². The Kier molecular flexibility index (Phi) is 5.03. The molecule has 2 rings (SSSR count). The molecular weight excluding hydrogens is 266 g/mol. The van der Waals surface area contributed by atoms with Gasteiger partial charge in [0.25, 0.3) is 0 Å². The van der Waals surface area contributed by atoms with E-state index in [1.54, 1.807) is 6.33 Å². The molecule has 0 saturated carbocycles. The topological polar surface area (TPSA) is 72.7 Å². The van der Waals surface area contributed by atoms with E-state index in [2.05, 4.69) is 20.5 Å². The molecular formula is C15H21N5O. The minimum absolute atomic E-state index is 0.0261. The number of amides is 1. The number of aromatic nitrogens is 4. The predicted octanol–water partition coefficient (Wildman–Crippen LogP) is 1.20. The second kappa shape index (κ2) is 6.97. The van der Waals surface area contributed by atoms with Gasteiger partial charge in [0, 0.05) is 43.7 Å². The van der Waals surface area contributed by atoms with E-state index in [0.717, 1.165) is 23.6 Å². The van der Waals surface area contributed by atoms with Crippen molar-refractivity contribution in [3.05, 3.63) is 41.7 Å². The zero-order valence-corrected chi connectivity index (χ0v) is 12.7. The lowest BCUT2D eigenvalue weighted by Gasteiger charge is -2.13. The maximum absolute atomic E-state index is 11.9. The molecule has 0 aliphatic carbocycles. The van der Waals surface area contributed by atoms with Crippen LogP contribution in [0.4, 0.5) is 0 Å². The number of aryl methyl sites for hydroxylation is 3. The van der Waals surface area contributed by atoms with Gasteiger partial charge in [0.05, 0.1) is 0 Å². The van der Waals surface area contributed by atoms with E-state index in [0.29, 0.717) is 12.8 Å². The van der Waals surface area contributed by atoms with Gasteiger partial charge in [0.1, 0.15) is 12.2 Å². The third kappa shape index (κ3) is 4.66. The number of rotatable bonds is 6. The molecule has 1 atom stereocenters. The zero-order chi connectivity index (χ0) is 15.2. The number of hydrogen-bond donors (Lipinski definition) is 1. The fraction of sp³-hybridized carbons (Fsp3) is 0.467. The number of nitrogens with zero attached hydrogens (tertiary/aromatic N) is 4. The van der Waals surface area contributed by atoms with Crippen LogP contribution in [0.2, 0.25) is 0 Å². The number of hydrogen-bond acceptors (Lipinski definition) is 4. The highest BCUT2D eigenvalue weighted by Gasteiger charge is 2.10. The first-order chi connectivity index (χ1) is 10.0. The highest BCUT2D eigenvalue weighted by atomic mass is 16.1. The average molecular weight is 287 g/mol. The van der Waals surface area contributed by atoms with E-state index >= 15 is 0 Å². The second-order valence-corrected chi connectivity index (χ2v) is 5.30. The van der Waals surface area contributed by atoms with E-state index in [4.69, 9.17) is 0 Å². The molecule has 0 saturated heterocycles. The van der Waals surface area contributed by atoms with Gasteiger partial charge in [-0.2, -0.15) is 0 Å². The molecule has 0 fully saturated rings. The van der Waals surface area contributed by atoms with Crippen LogP contribution >= 0.6 is 0 Å². The summed E-state index contributed by atoms with van der Waals surface area (Å²) in [6, 6.07) is 6.00. The molecule has 0 aliphatic rings. The van der Waals surface area contributed by atoms with Gasteiger partial charge in [-0.05, 0) is 26.0 Å².